The molecule has 1 saturated heterocycles. The van der Waals surface area contributed by atoms with Gasteiger partial charge in [-0.05, 0) is 18.9 Å². The zero-order chi connectivity index (χ0) is 13.3. The molecule has 0 aromatic heterocycles. The Hall–Kier alpha value is -1.04. The zero-order valence-corrected chi connectivity index (χ0v) is 10.3. The van der Waals surface area contributed by atoms with Crippen LogP contribution in [0.1, 0.15) is 13.3 Å². The van der Waals surface area contributed by atoms with Crippen LogP contribution in [-0.2, 0) is 4.79 Å². The Morgan fingerprint density at radius 2 is 2.17 bits per heavy atom. The molecular formula is C12H17F3N2O. The lowest BCUT2D eigenvalue weighted by atomic mass is 9.95. The van der Waals surface area contributed by atoms with E-state index in [4.69, 9.17) is 0 Å². The fraction of sp³-hybridized carbons (Fsp3) is 0.750. The van der Waals surface area contributed by atoms with Gasteiger partial charge in [0.1, 0.15) is 0 Å². The second-order valence-electron chi connectivity index (χ2n) is 5.00. The van der Waals surface area contributed by atoms with Gasteiger partial charge in [-0.15, -0.1) is 0 Å². The Bertz CT molecular complexity index is 365. The second kappa shape index (κ2) is 4.91. The molecule has 18 heavy (non-hydrogen) atoms. The van der Waals surface area contributed by atoms with Gasteiger partial charge in [0, 0.05) is 25.2 Å². The van der Waals surface area contributed by atoms with E-state index in [9.17, 15) is 18.0 Å². The maximum Gasteiger partial charge on any atom is 0.412 e. The minimum Gasteiger partial charge on any atom is -0.338 e. The Balaban J connectivity index is 1.97. The van der Waals surface area contributed by atoms with Crippen LogP contribution in [0, 0.1) is 11.8 Å². The van der Waals surface area contributed by atoms with E-state index in [1.54, 1.807) is 0 Å². The van der Waals surface area contributed by atoms with Gasteiger partial charge in [0.05, 0.1) is 5.92 Å². The van der Waals surface area contributed by atoms with Crippen molar-refractivity contribution in [2.75, 3.05) is 26.2 Å². The van der Waals surface area contributed by atoms with Gasteiger partial charge in [-0.2, -0.15) is 13.2 Å². The molecule has 6 heteroatoms. The molecule has 2 aliphatic heterocycles. The highest BCUT2D eigenvalue weighted by atomic mass is 19.4. The normalized spacial score (nSPS) is 29.3. The van der Waals surface area contributed by atoms with Crippen LogP contribution < -0.4 is 5.32 Å². The molecule has 1 fully saturated rings. The molecule has 2 unspecified atom stereocenters. The summed E-state index contributed by atoms with van der Waals surface area (Å²) in [6, 6.07) is 0. The topological polar surface area (TPSA) is 32.3 Å². The van der Waals surface area contributed by atoms with Gasteiger partial charge < -0.3 is 10.2 Å². The number of alkyl halides is 3. The quantitative estimate of drug-likeness (QED) is 0.727. The number of nitrogens with one attached hydrogen (secondary N) is 1. The summed E-state index contributed by atoms with van der Waals surface area (Å²) in [7, 11) is 0. The van der Waals surface area contributed by atoms with Gasteiger partial charge in [0.15, 0.2) is 0 Å². The molecule has 2 rings (SSSR count). The van der Waals surface area contributed by atoms with Crippen LogP contribution >= 0.6 is 0 Å². The molecule has 0 aromatic carbocycles. The molecule has 0 saturated carbocycles. The summed E-state index contributed by atoms with van der Waals surface area (Å²) in [6.07, 6.45) is -3.21. The Kier molecular flexibility index (Phi) is 3.66. The number of halogens is 3. The lowest BCUT2D eigenvalue weighted by molar-refractivity contribution is -0.136. The van der Waals surface area contributed by atoms with E-state index in [-0.39, 0.29) is 37.3 Å². The van der Waals surface area contributed by atoms with Gasteiger partial charge in [0.2, 0.25) is 5.91 Å². The van der Waals surface area contributed by atoms with E-state index in [1.165, 1.54) is 4.90 Å². The van der Waals surface area contributed by atoms with Crippen LogP contribution in [-0.4, -0.2) is 43.2 Å². The molecule has 0 aromatic rings. The van der Waals surface area contributed by atoms with Crippen molar-refractivity contribution in [3.05, 3.63) is 11.6 Å². The molecule has 0 aliphatic carbocycles. The van der Waals surface area contributed by atoms with Gasteiger partial charge in [0.25, 0.3) is 0 Å². The summed E-state index contributed by atoms with van der Waals surface area (Å²) in [5.41, 5.74) is -0.510. The van der Waals surface area contributed by atoms with Crippen molar-refractivity contribution in [2.24, 2.45) is 11.8 Å². The smallest absolute Gasteiger partial charge is 0.338 e. The largest absolute Gasteiger partial charge is 0.412 e. The number of amides is 1. The zero-order valence-electron chi connectivity index (χ0n) is 10.3. The first kappa shape index (κ1) is 13.4. The van der Waals surface area contributed by atoms with Crippen LogP contribution in [0.3, 0.4) is 0 Å². The number of hydrogen-bond donors (Lipinski definition) is 1. The molecular weight excluding hydrogens is 245 g/mol. The molecule has 0 bridgehead atoms. The molecule has 2 heterocycles. The predicted molar refractivity (Wildman–Crippen MR) is 60.9 cm³/mol. The van der Waals surface area contributed by atoms with Crippen molar-refractivity contribution < 1.29 is 18.0 Å². The average molecular weight is 262 g/mol. The van der Waals surface area contributed by atoms with Gasteiger partial charge in [-0.3, -0.25) is 4.79 Å². The Morgan fingerprint density at radius 1 is 1.44 bits per heavy atom. The number of carbonyl (C=O) groups is 1. The minimum absolute atomic E-state index is 0.0232. The highest BCUT2D eigenvalue weighted by Crippen LogP contribution is 2.31. The molecule has 1 N–H and O–H groups in total. The van der Waals surface area contributed by atoms with Gasteiger partial charge in [-0.25, -0.2) is 0 Å². The standard InChI is InChI=1S/C12H17F3N2O/c1-8-6-16-7-10(8)11(18)17-4-2-9(3-5-17)12(13,14)15/h2,8,10,16H,3-7H2,1H3. The van der Waals surface area contributed by atoms with Crippen molar-refractivity contribution in [1.82, 2.24) is 10.2 Å². The first-order valence-corrected chi connectivity index (χ1v) is 6.15. The number of rotatable bonds is 1. The lowest BCUT2D eigenvalue weighted by Gasteiger charge is -2.30. The summed E-state index contributed by atoms with van der Waals surface area (Å²) < 4.78 is 37.4. The molecule has 2 atom stereocenters. The van der Waals surface area contributed by atoms with E-state index < -0.39 is 11.7 Å². The second-order valence-corrected chi connectivity index (χ2v) is 5.00. The third kappa shape index (κ3) is 2.68. The van der Waals surface area contributed by atoms with E-state index in [0.717, 1.165) is 12.6 Å². The maximum atomic E-state index is 12.5. The van der Waals surface area contributed by atoms with Crippen molar-refractivity contribution in [3.63, 3.8) is 0 Å². The van der Waals surface area contributed by atoms with Crippen LogP contribution in [0.2, 0.25) is 0 Å². The van der Waals surface area contributed by atoms with Crippen molar-refractivity contribution >= 4 is 5.91 Å². The lowest BCUT2D eigenvalue weighted by Crippen LogP contribution is -2.42. The van der Waals surface area contributed by atoms with Crippen molar-refractivity contribution in [2.45, 2.75) is 19.5 Å². The summed E-state index contributed by atoms with van der Waals surface area (Å²) in [5, 5.41) is 3.13. The van der Waals surface area contributed by atoms with E-state index in [1.807, 2.05) is 6.92 Å². The molecule has 102 valence electrons. The number of nitrogens with zero attached hydrogens (tertiary/aromatic N) is 1. The van der Waals surface area contributed by atoms with Gasteiger partial charge >= 0.3 is 6.18 Å². The van der Waals surface area contributed by atoms with E-state index in [2.05, 4.69) is 5.32 Å². The molecule has 0 spiro atoms. The first-order chi connectivity index (χ1) is 8.39. The van der Waals surface area contributed by atoms with Crippen LogP contribution in [0.15, 0.2) is 11.6 Å². The Labute approximate surface area is 104 Å². The third-order valence-corrected chi connectivity index (χ3v) is 3.72. The van der Waals surface area contributed by atoms with Crippen LogP contribution in [0.4, 0.5) is 13.2 Å². The summed E-state index contributed by atoms with van der Waals surface area (Å²) in [5.74, 6) is 0.140. The molecule has 1 amide bonds. The van der Waals surface area contributed by atoms with E-state index in [0.29, 0.717) is 6.54 Å². The fourth-order valence-corrected chi connectivity index (χ4v) is 2.50. The molecule has 2 aliphatic rings. The van der Waals surface area contributed by atoms with Crippen molar-refractivity contribution in [1.29, 1.82) is 0 Å². The van der Waals surface area contributed by atoms with Crippen molar-refractivity contribution in [3.8, 4) is 0 Å². The van der Waals surface area contributed by atoms with Gasteiger partial charge in [-0.1, -0.05) is 13.0 Å². The molecule has 3 nitrogen and oxygen atoms in total. The number of hydrogen-bond acceptors (Lipinski definition) is 2. The monoisotopic (exact) mass is 262 g/mol. The summed E-state index contributed by atoms with van der Waals surface area (Å²) in [4.78, 5) is 13.7. The minimum atomic E-state index is -4.25. The van der Waals surface area contributed by atoms with Crippen LogP contribution in [0.5, 0.6) is 0 Å². The maximum absolute atomic E-state index is 12.5. The first-order valence-electron chi connectivity index (χ1n) is 6.15. The SMILES string of the molecule is CC1CNCC1C(=O)N1CC=C(C(F)(F)F)CC1. The summed E-state index contributed by atoms with van der Waals surface area (Å²) >= 11 is 0. The summed E-state index contributed by atoms with van der Waals surface area (Å²) in [6.45, 7) is 3.67. The van der Waals surface area contributed by atoms with E-state index >= 15 is 0 Å². The average Bonchev–Trinajstić information content (AvgIpc) is 2.73. The fourth-order valence-electron chi connectivity index (χ4n) is 2.50. The van der Waals surface area contributed by atoms with Crippen LogP contribution in [0.25, 0.3) is 0 Å². The highest BCUT2D eigenvalue weighted by molar-refractivity contribution is 5.80. The third-order valence-electron chi connectivity index (χ3n) is 3.72. The molecule has 0 radical (unpaired) electrons. The Morgan fingerprint density at radius 3 is 2.61 bits per heavy atom. The predicted octanol–water partition coefficient (Wildman–Crippen LogP) is 1.56. The highest BCUT2D eigenvalue weighted by Gasteiger charge is 2.37. The number of carbonyl (C=O) groups excluding carboxylic acids is 1.